The van der Waals surface area contributed by atoms with E-state index in [1.165, 1.54) is 29.1 Å². The van der Waals surface area contributed by atoms with Crippen LogP contribution in [0.15, 0.2) is 15.4 Å². The molecule has 9 heteroatoms. The van der Waals surface area contributed by atoms with E-state index < -0.39 is 27.9 Å². The summed E-state index contributed by atoms with van der Waals surface area (Å²) in [5.41, 5.74) is 0. The van der Waals surface area contributed by atoms with Crippen LogP contribution in [0.25, 0.3) is 0 Å². The van der Waals surface area contributed by atoms with Crippen molar-refractivity contribution >= 4 is 21.9 Å². The number of rotatable bonds is 6. The molecule has 0 bridgehead atoms. The monoisotopic (exact) mass is 370 g/mol. The Bertz CT molecular complexity index is 790. The highest BCUT2D eigenvalue weighted by atomic mass is 32.2. The van der Waals surface area contributed by atoms with Crippen LogP contribution in [0.4, 0.5) is 0 Å². The average Bonchev–Trinajstić information content (AvgIpc) is 3.07. The lowest BCUT2D eigenvalue weighted by Gasteiger charge is -2.25. The van der Waals surface area contributed by atoms with Crippen LogP contribution >= 0.6 is 0 Å². The fraction of sp³-hybridized carbons (Fsp3) is 0.625. The molecule has 1 aromatic heterocycles. The van der Waals surface area contributed by atoms with Gasteiger partial charge in [0.15, 0.2) is 5.76 Å². The number of hydrogen-bond acceptors (Lipinski definition) is 5. The summed E-state index contributed by atoms with van der Waals surface area (Å²) in [7, 11) is -3.70. The van der Waals surface area contributed by atoms with Gasteiger partial charge in [-0.05, 0) is 39.5 Å². The molecule has 1 aliphatic heterocycles. The Balaban J connectivity index is 1.91. The molecule has 0 aromatic carbocycles. The number of aliphatic carboxylic acids is 1. The number of carbonyl (C=O) groups is 2. The minimum Gasteiger partial charge on any atom is -0.480 e. The molecule has 2 aliphatic rings. The van der Waals surface area contributed by atoms with Crippen molar-refractivity contribution in [2.75, 3.05) is 13.1 Å². The van der Waals surface area contributed by atoms with Gasteiger partial charge in [-0.15, -0.1) is 0 Å². The molecular weight excluding hydrogens is 348 g/mol. The van der Waals surface area contributed by atoms with Crippen LogP contribution in [0.3, 0.4) is 0 Å². The predicted octanol–water partition coefficient (Wildman–Crippen LogP) is 1.45. The summed E-state index contributed by atoms with van der Waals surface area (Å²) in [5.74, 6) is -1.67. The molecule has 1 saturated carbocycles. The van der Waals surface area contributed by atoms with Crippen molar-refractivity contribution in [1.29, 1.82) is 0 Å². The second kappa shape index (κ2) is 6.45. The highest BCUT2D eigenvalue weighted by molar-refractivity contribution is 7.89. The zero-order chi connectivity index (χ0) is 18.4. The van der Waals surface area contributed by atoms with Gasteiger partial charge in [-0.2, -0.15) is 4.31 Å². The molecule has 25 heavy (non-hydrogen) atoms. The van der Waals surface area contributed by atoms with Gasteiger partial charge in [-0.1, -0.05) is 0 Å². The molecule has 1 amide bonds. The summed E-state index contributed by atoms with van der Waals surface area (Å²) in [5, 5.41) is 9.23. The molecule has 3 rings (SSSR count). The summed E-state index contributed by atoms with van der Waals surface area (Å²) in [6.07, 6.45) is 3.10. The van der Waals surface area contributed by atoms with Gasteiger partial charge in [-0.25, -0.2) is 13.2 Å². The van der Waals surface area contributed by atoms with Crippen LogP contribution in [-0.2, 0) is 14.8 Å². The summed E-state index contributed by atoms with van der Waals surface area (Å²) in [6, 6.07) is 0.0987. The topological polar surface area (TPSA) is 108 Å². The van der Waals surface area contributed by atoms with Crippen molar-refractivity contribution in [2.24, 2.45) is 0 Å². The number of nitrogens with zero attached hydrogens (tertiary/aromatic N) is 2. The van der Waals surface area contributed by atoms with Gasteiger partial charge in [0, 0.05) is 25.2 Å². The lowest BCUT2D eigenvalue weighted by Crippen LogP contribution is -2.44. The first-order valence-corrected chi connectivity index (χ1v) is 9.83. The number of furan rings is 1. The fourth-order valence-corrected chi connectivity index (χ4v) is 4.83. The molecule has 138 valence electrons. The van der Waals surface area contributed by atoms with E-state index in [0.717, 1.165) is 25.7 Å². The van der Waals surface area contributed by atoms with Gasteiger partial charge in [0.05, 0.1) is 0 Å². The first-order chi connectivity index (χ1) is 11.7. The Morgan fingerprint density at radius 3 is 2.44 bits per heavy atom. The minimum atomic E-state index is -3.70. The van der Waals surface area contributed by atoms with Crippen LogP contribution in [0.2, 0.25) is 0 Å². The molecular formula is C16H22N2O6S. The largest absolute Gasteiger partial charge is 0.480 e. The normalized spacial score (nSPS) is 19.8. The third kappa shape index (κ3) is 3.30. The Morgan fingerprint density at radius 1 is 1.32 bits per heavy atom. The second-order valence-corrected chi connectivity index (χ2v) is 8.51. The predicted molar refractivity (Wildman–Crippen MR) is 87.7 cm³/mol. The van der Waals surface area contributed by atoms with Gasteiger partial charge >= 0.3 is 5.97 Å². The van der Waals surface area contributed by atoms with Crippen LogP contribution in [0.1, 0.15) is 48.9 Å². The molecule has 1 aromatic rings. The average molecular weight is 370 g/mol. The van der Waals surface area contributed by atoms with E-state index in [9.17, 15) is 23.1 Å². The van der Waals surface area contributed by atoms with E-state index in [0.29, 0.717) is 13.1 Å². The maximum absolute atomic E-state index is 12.7. The Hall–Kier alpha value is -1.87. The highest BCUT2D eigenvalue weighted by Gasteiger charge is 2.41. The minimum absolute atomic E-state index is 0.0172. The van der Waals surface area contributed by atoms with Crippen LogP contribution < -0.4 is 0 Å². The second-order valence-electron chi connectivity index (χ2n) is 6.60. The third-order valence-electron chi connectivity index (χ3n) is 4.72. The first kappa shape index (κ1) is 17.9. The Labute approximate surface area is 146 Å². The smallest absolute Gasteiger partial charge is 0.326 e. The van der Waals surface area contributed by atoms with E-state index >= 15 is 0 Å². The first-order valence-electron chi connectivity index (χ1n) is 8.39. The van der Waals surface area contributed by atoms with Crippen molar-refractivity contribution in [3.8, 4) is 0 Å². The van der Waals surface area contributed by atoms with Crippen LogP contribution in [0.5, 0.6) is 0 Å². The van der Waals surface area contributed by atoms with Crippen molar-refractivity contribution in [1.82, 2.24) is 9.21 Å². The van der Waals surface area contributed by atoms with E-state index in [1.54, 1.807) is 0 Å². The molecule has 0 spiro atoms. The zero-order valence-corrected chi connectivity index (χ0v) is 15.1. The molecule has 1 N–H and O–H groups in total. The zero-order valence-electron chi connectivity index (χ0n) is 14.3. The summed E-state index contributed by atoms with van der Waals surface area (Å²) in [4.78, 5) is 25.3. The van der Waals surface area contributed by atoms with Gasteiger partial charge in [0.2, 0.25) is 10.0 Å². The molecule has 1 aliphatic carbocycles. The standard InChI is InChI=1S/C16H22N2O6S/c1-10(16(20)21)18(12-5-6-12)15(19)13-9-14(11(2)24-13)25(22,23)17-7-3-4-8-17/h9-10,12H,3-8H2,1-2H3,(H,20,21). The van der Waals surface area contributed by atoms with Gasteiger partial charge in [0.1, 0.15) is 16.7 Å². The Morgan fingerprint density at radius 2 is 1.92 bits per heavy atom. The highest BCUT2D eigenvalue weighted by Crippen LogP contribution is 2.32. The number of carboxylic acid groups (broad SMARTS) is 1. The van der Waals surface area contributed by atoms with Crippen LogP contribution in [-0.4, -0.2) is 59.8 Å². The number of amides is 1. The Kier molecular flexibility index (Phi) is 4.63. The van der Waals surface area contributed by atoms with Crippen molar-refractivity contribution in [3.05, 3.63) is 17.6 Å². The van der Waals surface area contributed by atoms with Crippen molar-refractivity contribution < 1.29 is 27.5 Å². The lowest BCUT2D eigenvalue weighted by atomic mass is 10.2. The van der Waals surface area contributed by atoms with Gasteiger partial charge < -0.3 is 14.4 Å². The quantitative estimate of drug-likeness (QED) is 0.812. The number of carbonyl (C=O) groups excluding carboxylic acids is 1. The molecule has 0 radical (unpaired) electrons. The SMILES string of the molecule is Cc1oc(C(=O)N(C2CC2)C(C)C(=O)O)cc1S(=O)(=O)N1CCCC1. The number of hydrogen-bond donors (Lipinski definition) is 1. The third-order valence-corrected chi connectivity index (χ3v) is 6.72. The fourth-order valence-electron chi connectivity index (χ4n) is 3.15. The summed E-state index contributed by atoms with van der Waals surface area (Å²) in [6.45, 7) is 3.86. The molecule has 1 unspecified atom stereocenters. The van der Waals surface area contributed by atoms with E-state index in [-0.39, 0.29) is 22.5 Å². The maximum atomic E-state index is 12.7. The van der Waals surface area contributed by atoms with Gasteiger partial charge in [0.25, 0.3) is 5.91 Å². The van der Waals surface area contributed by atoms with E-state index in [1.807, 2.05) is 0 Å². The van der Waals surface area contributed by atoms with Gasteiger partial charge in [-0.3, -0.25) is 4.79 Å². The van der Waals surface area contributed by atoms with Crippen molar-refractivity contribution in [3.63, 3.8) is 0 Å². The maximum Gasteiger partial charge on any atom is 0.326 e. The van der Waals surface area contributed by atoms with Crippen LogP contribution in [0, 0.1) is 6.92 Å². The number of carboxylic acids is 1. The molecule has 1 atom stereocenters. The molecule has 2 fully saturated rings. The molecule has 1 saturated heterocycles. The van der Waals surface area contributed by atoms with E-state index in [2.05, 4.69) is 0 Å². The lowest BCUT2D eigenvalue weighted by molar-refractivity contribution is -0.141. The molecule has 2 heterocycles. The van der Waals surface area contributed by atoms with Crippen molar-refractivity contribution in [2.45, 2.75) is 56.5 Å². The number of sulfonamides is 1. The number of aryl methyl sites for hydroxylation is 1. The molecule has 8 nitrogen and oxygen atoms in total. The summed E-state index contributed by atoms with van der Waals surface area (Å²) >= 11 is 0. The summed E-state index contributed by atoms with van der Waals surface area (Å²) < 4.78 is 32.2. The van der Waals surface area contributed by atoms with E-state index in [4.69, 9.17) is 4.42 Å².